The van der Waals surface area contributed by atoms with Crippen molar-refractivity contribution >= 4 is 28.4 Å². The van der Waals surface area contributed by atoms with E-state index in [0.29, 0.717) is 5.95 Å². The Morgan fingerprint density at radius 3 is 2.50 bits per heavy atom. The molecule has 2 aromatic carbocycles. The molecule has 0 spiro atoms. The Kier molecular flexibility index (Phi) is 4.47. The first-order chi connectivity index (χ1) is 12.6. The Balaban J connectivity index is 1.75. The van der Waals surface area contributed by atoms with Crippen LogP contribution in [0.2, 0.25) is 0 Å². The van der Waals surface area contributed by atoms with Gasteiger partial charge in [-0.1, -0.05) is 24.3 Å². The molecule has 0 atom stereocenters. The molecule has 0 bridgehead atoms. The van der Waals surface area contributed by atoms with E-state index in [-0.39, 0.29) is 0 Å². The molecule has 2 heterocycles. The molecular weight excluding hydrogens is 322 g/mol. The van der Waals surface area contributed by atoms with Gasteiger partial charge < -0.3 is 15.1 Å². The average Bonchev–Trinajstić information content (AvgIpc) is 2.65. The number of hydrogen-bond acceptors (Lipinski definition) is 5. The summed E-state index contributed by atoms with van der Waals surface area (Å²) in [5.74, 6) is 1.68. The fourth-order valence-electron chi connectivity index (χ4n) is 3.37. The summed E-state index contributed by atoms with van der Waals surface area (Å²) in [7, 11) is 2.17. The molecule has 4 rings (SSSR count). The van der Waals surface area contributed by atoms with Gasteiger partial charge in [0.2, 0.25) is 5.95 Å². The van der Waals surface area contributed by atoms with Crippen molar-refractivity contribution in [1.82, 2.24) is 14.9 Å². The molecule has 1 saturated heterocycles. The maximum Gasteiger partial charge on any atom is 0.229 e. The molecule has 1 N–H and O–H groups in total. The molecule has 134 valence electrons. The molecule has 0 saturated carbocycles. The number of nitrogens with one attached hydrogen (secondary N) is 1. The Morgan fingerprint density at radius 2 is 1.69 bits per heavy atom. The van der Waals surface area contributed by atoms with Gasteiger partial charge in [-0.25, -0.2) is 4.98 Å². The Morgan fingerprint density at radius 1 is 0.923 bits per heavy atom. The molecule has 1 aromatic heterocycles. The highest BCUT2D eigenvalue weighted by atomic mass is 15.3. The molecule has 0 aliphatic carbocycles. The van der Waals surface area contributed by atoms with Crippen LogP contribution >= 0.6 is 0 Å². The number of hydrogen-bond donors (Lipinski definition) is 1. The van der Waals surface area contributed by atoms with Gasteiger partial charge in [0, 0.05) is 37.3 Å². The highest BCUT2D eigenvalue weighted by Gasteiger charge is 2.19. The molecule has 5 nitrogen and oxygen atoms in total. The van der Waals surface area contributed by atoms with Crippen LogP contribution in [-0.4, -0.2) is 48.1 Å². The Bertz CT molecular complexity index is 929. The molecule has 1 aliphatic heterocycles. The van der Waals surface area contributed by atoms with Crippen LogP contribution in [0.1, 0.15) is 11.1 Å². The zero-order chi connectivity index (χ0) is 18.1. The summed E-state index contributed by atoms with van der Waals surface area (Å²) in [6.45, 7) is 8.28. The first kappa shape index (κ1) is 16.8. The number of aromatic nitrogens is 2. The maximum absolute atomic E-state index is 4.90. The van der Waals surface area contributed by atoms with Gasteiger partial charge in [0.05, 0.1) is 5.52 Å². The second-order valence-corrected chi connectivity index (χ2v) is 7.12. The quantitative estimate of drug-likeness (QED) is 0.782. The number of piperazine rings is 1. The van der Waals surface area contributed by atoms with Gasteiger partial charge in [-0.2, -0.15) is 4.98 Å². The number of anilines is 3. The van der Waals surface area contributed by atoms with Gasteiger partial charge in [-0.05, 0) is 50.2 Å². The van der Waals surface area contributed by atoms with E-state index in [4.69, 9.17) is 9.97 Å². The standard InChI is InChI=1S/C21H25N5/c1-15-8-9-16(2)19(14-15)23-21-22-18-7-5-4-6-17(18)20(24-21)26-12-10-25(3)11-13-26/h4-9,14H,10-13H2,1-3H3,(H,22,23,24). The van der Waals surface area contributed by atoms with E-state index in [1.807, 2.05) is 6.07 Å². The van der Waals surface area contributed by atoms with E-state index < -0.39 is 0 Å². The molecule has 3 aromatic rings. The number of fused-ring (bicyclic) bond motifs is 1. The van der Waals surface area contributed by atoms with Gasteiger partial charge in [0.1, 0.15) is 5.82 Å². The first-order valence-corrected chi connectivity index (χ1v) is 9.15. The molecule has 0 radical (unpaired) electrons. The Hall–Kier alpha value is -2.66. The van der Waals surface area contributed by atoms with Crippen LogP contribution in [0.25, 0.3) is 10.9 Å². The van der Waals surface area contributed by atoms with Crippen LogP contribution in [0.15, 0.2) is 42.5 Å². The van der Waals surface area contributed by atoms with Gasteiger partial charge in [-0.15, -0.1) is 0 Å². The summed E-state index contributed by atoms with van der Waals surface area (Å²) in [6.07, 6.45) is 0. The van der Waals surface area contributed by atoms with Crippen LogP contribution in [0, 0.1) is 13.8 Å². The van der Waals surface area contributed by atoms with Crippen molar-refractivity contribution in [2.75, 3.05) is 43.4 Å². The number of nitrogens with zero attached hydrogens (tertiary/aromatic N) is 4. The summed E-state index contributed by atoms with van der Waals surface area (Å²) < 4.78 is 0. The predicted molar refractivity (Wildman–Crippen MR) is 108 cm³/mol. The van der Waals surface area contributed by atoms with E-state index in [1.54, 1.807) is 0 Å². The fraction of sp³-hybridized carbons (Fsp3) is 0.333. The lowest BCUT2D eigenvalue weighted by Gasteiger charge is -2.33. The number of rotatable bonds is 3. The number of benzene rings is 2. The minimum absolute atomic E-state index is 0.659. The Labute approximate surface area is 154 Å². The van der Waals surface area contributed by atoms with Crippen molar-refractivity contribution in [3.05, 3.63) is 53.6 Å². The molecule has 5 heteroatoms. The van der Waals surface area contributed by atoms with Crippen molar-refractivity contribution in [2.45, 2.75) is 13.8 Å². The highest BCUT2D eigenvalue weighted by Crippen LogP contribution is 2.28. The lowest BCUT2D eigenvalue weighted by molar-refractivity contribution is 0.312. The van der Waals surface area contributed by atoms with E-state index in [2.05, 4.69) is 72.4 Å². The van der Waals surface area contributed by atoms with Crippen LogP contribution in [0.4, 0.5) is 17.5 Å². The van der Waals surface area contributed by atoms with Crippen molar-refractivity contribution in [3.8, 4) is 0 Å². The smallest absolute Gasteiger partial charge is 0.229 e. The number of aryl methyl sites for hydroxylation is 2. The third kappa shape index (κ3) is 3.35. The monoisotopic (exact) mass is 347 g/mol. The number of para-hydroxylation sites is 1. The summed E-state index contributed by atoms with van der Waals surface area (Å²) in [5, 5.41) is 4.55. The zero-order valence-corrected chi connectivity index (χ0v) is 15.7. The summed E-state index contributed by atoms with van der Waals surface area (Å²) >= 11 is 0. The minimum atomic E-state index is 0.659. The third-order valence-corrected chi connectivity index (χ3v) is 5.03. The molecule has 1 aliphatic rings. The van der Waals surface area contributed by atoms with Gasteiger partial charge in [-0.3, -0.25) is 0 Å². The van der Waals surface area contributed by atoms with E-state index in [9.17, 15) is 0 Å². The number of likely N-dealkylation sites (N-methyl/N-ethyl adjacent to an activating group) is 1. The topological polar surface area (TPSA) is 44.3 Å². The molecule has 0 unspecified atom stereocenters. The van der Waals surface area contributed by atoms with Gasteiger partial charge >= 0.3 is 0 Å². The molecule has 0 amide bonds. The van der Waals surface area contributed by atoms with Crippen molar-refractivity contribution in [2.24, 2.45) is 0 Å². The van der Waals surface area contributed by atoms with Crippen molar-refractivity contribution < 1.29 is 0 Å². The third-order valence-electron chi connectivity index (χ3n) is 5.03. The van der Waals surface area contributed by atoms with Crippen LogP contribution in [-0.2, 0) is 0 Å². The van der Waals surface area contributed by atoms with Gasteiger partial charge in [0.15, 0.2) is 0 Å². The first-order valence-electron chi connectivity index (χ1n) is 9.15. The summed E-state index contributed by atoms with van der Waals surface area (Å²) in [6, 6.07) is 14.7. The van der Waals surface area contributed by atoms with Gasteiger partial charge in [0.25, 0.3) is 0 Å². The second-order valence-electron chi connectivity index (χ2n) is 7.12. The van der Waals surface area contributed by atoms with Crippen LogP contribution in [0.3, 0.4) is 0 Å². The average molecular weight is 347 g/mol. The van der Waals surface area contributed by atoms with Crippen LogP contribution in [0.5, 0.6) is 0 Å². The summed E-state index contributed by atoms with van der Waals surface area (Å²) in [4.78, 5) is 14.4. The maximum atomic E-state index is 4.90. The SMILES string of the molecule is Cc1ccc(C)c(Nc2nc(N3CCN(C)CC3)c3ccccc3n2)c1. The van der Waals surface area contributed by atoms with E-state index >= 15 is 0 Å². The molecule has 1 fully saturated rings. The van der Waals surface area contributed by atoms with E-state index in [0.717, 1.165) is 48.6 Å². The highest BCUT2D eigenvalue weighted by molar-refractivity contribution is 5.91. The summed E-state index contributed by atoms with van der Waals surface area (Å²) in [5.41, 5.74) is 4.44. The fourth-order valence-corrected chi connectivity index (χ4v) is 3.37. The predicted octanol–water partition coefficient (Wildman–Crippen LogP) is 3.74. The normalized spacial score (nSPS) is 15.4. The molecule has 26 heavy (non-hydrogen) atoms. The second kappa shape index (κ2) is 6.92. The zero-order valence-electron chi connectivity index (χ0n) is 15.7. The lowest BCUT2D eigenvalue weighted by atomic mass is 10.1. The van der Waals surface area contributed by atoms with Crippen LogP contribution < -0.4 is 10.2 Å². The minimum Gasteiger partial charge on any atom is -0.353 e. The van der Waals surface area contributed by atoms with E-state index in [1.165, 1.54) is 11.1 Å². The van der Waals surface area contributed by atoms with Crippen molar-refractivity contribution in [3.63, 3.8) is 0 Å². The largest absolute Gasteiger partial charge is 0.353 e. The van der Waals surface area contributed by atoms with Crippen molar-refractivity contribution in [1.29, 1.82) is 0 Å². The molecular formula is C21H25N5. The lowest BCUT2D eigenvalue weighted by Crippen LogP contribution is -2.45.